The number of hydrogen-bond donors (Lipinski definition) is 2. The third-order valence-corrected chi connectivity index (χ3v) is 3.91. The molecule has 0 fully saturated rings. The smallest absolute Gasteiger partial charge is 0.161 e. The second kappa shape index (κ2) is 10.3. The van der Waals surface area contributed by atoms with Crippen LogP contribution in [0.5, 0.6) is 0 Å². The van der Waals surface area contributed by atoms with Gasteiger partial charge in [0.15, 0.2) is 4.27 Å². The molecule has 0 amide bonds. The van der Waals surface area contributed by atoms with E-state index in [1.807, 2.05) is 13.0 Å². The fourth-order valence-electron chi connectivity index (χ4n) is 1.92. The number of rotatable bonds is 11. The summed E-state index contributed by atoms with van der Waals surface area (Å²) in [6.07, 6.45) is 10.8. The number of ether oxygens (including phenoxy) is 1. The van der Waals surface area contributed by atoms with Crippen molar-refractivity contribution in [3.63, 3.8) is 0 Å². The predicted molar refractivity (Wildman–Crippen MR) is 84.0 cm³/mol. The molecule has 0 heterocycles. The van der Waals surface area contributed by atoms with Crippen LogP contribution in [0.1, 0.15) is 58.8 Å². The van der Waals surface area contributed by atoms with Crippen molar-refractivity contribution in [3.8, 4) is 0 Å². The summed E-state index contributed by atoms with van der Waals surface area (Å²) in [6, 6.07) is 0. The Morgan fingerprint density at radius 3 is 2.24 bits per heavy atom. The van der Waals surface area contributed by atoms with Gasteiger partial charge >= 0.3 is 0 Å². The van der Waals surface area contributed by atoms with E-state index in [0.29, 0.717) is 6.61 Å². The van der Waals surface area contributed by atoms with Gasteiger partial charge in [-0.1, -0.05) is 51.5 Å². The second-order valence-electron chi connectivity index (χ2n) is 4.49. The molecule has 1 nitrogen and oxygen atoms in total. The van der Waals surface area contributed by atoms with E-state index in [-0.39, 0.29) is 5.92 Å². The van der Waals surface area contributed by atoms with Crippen molar-refractivity contribution in [3.05, 3.63) is 12.7 Å². The highest BCUT2D eigenvalue weighted by molar-refractivity contribution is 8.00. The Morgan fingerprint density at radius 1 is 1.12 bits per heavy atom. The van der Waals surface area contributed by atoms with E-state index < -0.39 is 4.27 Å². The average molecular weight is 277 g/mol. The molecule has 0 aromatic rings. The van der Waals surface area contributed by atoms with Crippen LogP contribution in [-0.2, 0) is 4.74 Å². The molecule has 0 aromatic heterocycles. The van der Waals surface area contributed by atoms with Gasteiger partial charge in [-0.2, -0.15) is 0 Å². The largest absolute Gasteiger partial charge is 0.355 e. The number of unbranched alkanes of at least 4 members (excludes halogenated alkanes) is 5. The zero-order valence-electron chi connectivity index (χ0n) is 11.3. The molecular formula is C14H28OS2. The first-order chi connectivity index (χ1) is 8.08. The Hall–Kier alpha value is 0.400. The van der Waals surface area contributed by atoms with E-state index in [1.165, 1.54) is 38.5 Å². The van der Waals surface area contributed by atoms with E-state index in [0.717, 1.165) is 6.42 Å². The van der Waals surface area contributed by atoms with Crippen molar-refractivity contribution >= 4 is 25.3 Å². The van der Waals surface area contributed by atoms with Crippen LogP contribution in [0.15, 0.2) is 12.7 Å². The third-order valence-electron chi connectivity index (χ3n) is 2.99. The Kier molecular flexibility index (Phi) is 10.6. The van der Waals surface area contributed by atoms with Crippen LogP contribution in [0, 0.1) is 5.92 Å². The summed E-state index contributed by atoms with van der Waals surface area (Å²) in [5, 5.41) is 0. The summed E-state index contributed by atoms with van der Waals surface area (Å²) in [6.45, 7) is 8.70. The van der Waals surface area contributed by atoms with Gasteiger partial charge in [0.05, 0.1) is 0 Å². The topological polar surface area (TPSA) is 9.23 Å². The zero-order valence-corrected chi connectivity index (χ0v) is 13.1. The molecule has 0 saturated carbocycles. The molecule has 3 heteroatoms. The Bertz CT molecular complexity index is 193. The van der Waals surface area contributed by atoms with Crippen molar-refractivity contribution in [2.45, 2.75) is 63.1 Å². The van der Waals surface area contributed by atoms with Crippen molar-refractivity contribution in [1.29, 1.82) is 0 Å². The SMILES string of the molecule is C=CC(CCCCCCCC)C(S)(S)OCC. The van der Waals surface area contributed by atoms with Gasteiger partial charge in [-0.15, -0.1) is 31.8 Å². The molecular weight excluding hydrogens is 248 g/mol. The minimum absolute atomic E-state index is 0.209. The second-order valence-corrected chi connectivity index (χ2v) is 6.17. The molecule has 0 N–H and O–H groups in total. The molecule has 0 aliphatic rings. The standard InChI is InChI=1S/C14H28OS2/c1-4-7-8-9-10-11-12-13(5-2)14(16,17)15-6-3/h5,13,16-17H,2,4,6-12H2,1,3H3. The first kappa shape index (κ1) is 17.4. The van der Waals surface area contributed by atoms with Crippen molar-refractivity contribution in [2.75, 3.05) is 6.61 Å². The van der Waals surface area contributed by atoms with Crippen LogP contribution in [0.4, 0.5) is 0 Å². The van der Waals surface area contributed by atoms with Gasteiger partial charge in [-0.05, 0) is 13.3 Å². The van der Waals surface area contributed by atoms with Crippen LogP contribution in [-0.4, -0.2) is 10.9 Å². The summed E-state index contributed by atoms with van der Waals surface area (Å²) < 4.78 is 4.87. The summed E-state index contributed by atoms with van der Waals surface area (Å²) >= 11 is 8.94. The molecule has 0 aromatic carbocycles. The Morgan fingerprint density at radius 2 is 1.71 bits per heavy atom. The van der Waals surface area contributed by atoms with Crippen LogP contribution < -0.4 is 0 Å². The van der Waals surface area contributed by atoms with E-state index >= 15 is 0 Å². The van der Waals surface area contributed by atoms with Gasteiger partial charge in [-0.25, -0.2) is 0 Å². The van der Waals surface area contributed by atoms with Gasteiger partial charge < -0.3 is 4.74 Å². The summed E-state index contributed by atoms with van der Waals surface area (Å²) in [7, 11) is 0. The van der Waals surface area contributed by atoms with Crippen LogP contribution in [0.2, 0.25) is 0 Å². The normalized spacial score (nSPS) is 13.6. The maximum absolute atomic E-state index is 5.54. The summed E-state index contributed by atoms with van der Waals surface area (Å²) in [4.78, 5) is 0. The fourth-order valence-corrected chi connectivity index (χ4v) is 2.65. The lowest BCUT2D eigenvalue weighted by Crippen LogP contribution is -2.28. The molecule has 0 radical (unpaired) electrons. The Labute approximate surface area is 118 Å². The van der Waals surface area contributed by atoms with E-state index in [2.05, 4.69) is 38.8 Å². The maximum Gasteiger partial charge on any atom is 0.161 e. The van der Waals surface area contributed by atoms with Gasteiger partial charge in [-0.3, -0.25) is 0 Å². The van der Waals surface area contributed by atoms with Gasteiger partial charge in [0.2, 0.25) is 0 Å². The molecule has 0 rings (SSSR count). The summed E-state index contributed by atoms with van der Waals surface area (Å²) in [5.41, 5.74) is 0. The molecule has 0 bridgehead atoms. The minimum Gasteiger partial charge on any atom is -0.355 e. The number of thiol groups is 2. The van der Waals surface area contributed by atoms with E-state index in [9.17, 15) is 0 Å². The lowest BCUT2D eigenvalue weighted by Gasteiger charge is -2.30. The molecule has 0 aliphatic heterocycles. The third kappa shape index (κ3) is 8.17. The predicted octanol–water partition coefficient (Wildman–Crippen LogP) is 5.09. The highest BCUT2D eigenvalue weighted by Crippen LogP contribution is 2.35. The fraction of sp³-hybridized carbons (Fsp3) is 0.857. The van der Waals surface area contributed by atoms with Crippen LogP contribution >= 0.6 is 25.3 Å². The van der Waals surface area contributed by atoms with Crippen molar-refractivity contribution < 1.29 is 4.74 Å². The van der Waals surface area contributed by atoms with Gasteiger partial charge in [0, 0.05) is 12.5 Å². The van der Waals surface area contributed by atoms with E-state index in [4.69, 9.17) is 4.74 Å². The van der Waals surface area contributed by atoms with Crippen molar-refractivity contribution in [1.82, 2.24) is 0 Å². The van der Waals surface area contributed by atoms with E-state index in [1.54, 1.807) is 0 Å². The first-order valence-electron chi connectivity index (χ1n) is 6.79. The maximum atomic E-state index is 5.54. The van der Waals surface area contributed by atoms with Gasteiger partial charge in [0.1, 0.15) is 0 Å². The lowest BCUT2D eigenvalue weighted by atomic mass is 10.0. The highest BCUT2D eigenvalue weighted by Gasteiger charge is 2.29. The molecule has 17 heavy (non-hydrogen) atoms. The summed E-state index contributed by atoms with van der Waals surface area (Å²) in [5.74, 6) is 0.209. The highest BCUT2D eigenvalue weighted by atomic mass is 32.2. The lowest BCUT2D eigenvalue weighted by molar-refractivity contribution is 0.0717. The quantitative estimate of drug-likeness (QED) is 0.231. The monoisotopic (exact) mass is 276 g/mol. The average Bonchev–Trinajstić information content (AvgIpc) is 2.27. The van der Waals surface area contributed by atoms with Gasteiger partial charge in [0.25, 0.3) is 0 Å². The minimum atomic E-state index is -0.667. The zero-order chi connectivity index (χ0) is 13.1. The molecule has 102 valence electrons. The molecule has 0 spiro atoms. The number of hydrogen-bond acceptors (Lipinski definition) is 3. The molecule has 1 atom stereocenters. The Balaban J connectivity index is 3.78. The molecule has 0 aliphatic carbocycles. The molecule has 1 unspecified atom stereocenters. The van der Waals surface area contributed by atoms with Crippen molar-refractivity contribution in [2.24, 2.45) is 5.92 Å². The van der Waals surface area contributed by atoms with Crippen LogP contribution in [0.3, 0.4) is 0 Å². The molecule has 0 saturated heterocycles. The van der Waals surface area contributed by atoms with Crippen LogP contribution in [0.25, 0.3) is 0 Å². The first-order valence-corrected chi connectivity index (χ1v) is 7.69.